The topological polar surface area (TPSA) is 47.3 Å². The fourth-order valence-corrected chi connectivity index (χ4v) is 2.92. The molecule has 1 saturated carbocycles. The molecule has 3 N–H and O–H groups in total. The van der Waals surface area contributed by atoms with Crippen molar-refractivity contribution in [3.05, 3.63) is 29.8 Å². The van der Waals surface area contributed by atoms with Crippen LogP contribution < -0.4 is 15.8 Å². The van der Waals surface area contributed by atoms with Crippen LogP contribution in [0.3, 0.4) is 0 Å². The molecule has 0 bridgehead atoms. The molecule has 0 saturated heterocycles. The quantitative estimate of drug-likeness (QED) is 0.828. The minimum Gasteiger partial charge on any atom is -0.494 e. The molecule has 0 heterocycles. The summed E-state index contributed by atoms with van der Waals surface area (Å²) in [6, 6.07) is 8.92. The third kappa shape index (κ3) is 4.22. The third-order valence-corrected chi connectivity index (χ3v) is 3.99. The van der Waals surface area contributed by atoms with Crippen LogP contribution in [0.4, 0.5) is 0 Å². The van der Waals surface area contributed by atoms with Crippen LogP contribution in [-0.2, 0) is 6.54 Å². The van der Waals surface area contributed by atoms with Gasteiger partial charge in [-0.25, -0.2) is 0 Å². The molecule has 2 rings (SSSR count). The lowest BCUT2D eigenvalue weighted by Crippen LogP contribution is -2.41. The van der Waals surface area contributed by atoms with Crippen LogP contribution in [0.2, 0.25) is 0 Å². The summed E-state index contributed by atoms with van der Waals surface area (Å²) in [7, 11) is 0. The van der Waals surface area contributed by atoms with E-state index in [2.05, 4.69) is 23.5 Å². The Morgan fingerprint density at radius 2 is 2.16 bits per heavy atom. The highest BCUT2D eigenvalue weighted by Crippen LogP contribution is 2.24. The van der Waals surface area contributed by atoms with E-state index in [4.69, 9.17) is 10.5 Å². The number of benzene rings is 1. The minimum absolute atomic E-state index is 0.578. The molecule has 1 aliphatic rings. The van der Waals surface area contributed by atoms with Crippen LogP contribution in [0.15, 0.2) is 24.3 Å². The predicted molar refractivity (Wildman–Crippen MR) is 79.3 cm³/mol. The first-order valence-corrected chi connectivity index (χ1v) is 7.48. The summed E-state index contributed by atoms with van der Waals surface area (Å²) >= 11 is 0. The van der Waals surface area contributed by atoms with Gasteiger partial charge in [-0.1, -0.05) is 25.0 Å². The third-order valence-electron chi connectivity index (χ3n) is 3.99. The second-order valence-corrected chi connectivity index (χ2v) is 5.35. The number of rotatable bonds is 6. The Bertz CT molecular complexity index is 381. The zero-order valence-electron chi connectivity index (χ0n) is 11.9. The Labute approximate surface area is 116 Å². The van der Waals surface area contributed by atoms with E-state index in [-0.39, 0.29) is 0 Å². The molecule has 19 heavy (non-hydrogen) atoms. The van der Waals surface area contributed by atoms with E-state index in [0.717, 1.165) is 25.4 Å². The van der Waals surface area contributed by atoms with Crippen molar-refractivity contribution < 1.29 is 4.74 Å². The van der Waals surface area contributed by atoms with Crippen molar-refractivity contribution in [3.63, 3.8) is 0 Å². The molecule has 2 atom stereocenters. The molecule has 3 heteroatoms. The normalized spacial score (nSPS) is 23.3. The smallest absolute Gasteiger partial charge is 0.119 e. The van der Waals surface area contributed by atoms with E-state index in [0.29, 0.717) is 12.0 Å². The standard InChI is InChI=1S/C16H26N2O/c1-2-19-15-8-5-6-13(10-15)12-18-16-9-4-3-7-14(16)11-17/h5-6,8,10,14,16,18H,2-4,7,9,11-12,17H2,1H3. The Morgan fingerprint density at radius 3 is 2.95 bits per heavy atom. The van der Waals surface area contributed by atoms with Crippen molar-refractivity contribution in [3.8, 4) is 5.75 Å². The number of hydrogen-bond acceptors (Lipinski definition) is 3. The number of ether oxygens (including phenoxy) is 1. The van der Waals surface area contributed by atoms with Gasteiger partial charge in [-0.05, 0) is 49.9 Å². The molecule has 3 nitrogen and oxygen atoms in total. The lowest BCUT2D eigenvalue weighted by Gasteiger charge is -2.31. The zero-order chi connectivity index (χ0) is 13.5. The summed E-state index contributed by atoms with van der Waals surface area (Å²) < 4.78 is 5.53. The van der Waals surface area contributed by atoms with Gasteiger partial charge in [0.05, 0.1) is 6.61 Å². The number of hydrogen-bond donors (Lipinski definition) is 2. The SMILES string of the molecule is CCOc1cccc(CNC2CCCCC2CN)c1. The minimum atomic E-state index is 0.578. The Kier molecular flexibility index (Phi) is 5.67. The van der Waals surface area contributed by atoms with Gasteiger partial charge in [-0.2, -0.15) is 0 Å². The molecule has 1 aliphatic carbocycles. The first-order valence-electron chi connectivity index (χ1n) is 7.48. The molecule has 0 radical (unpaired) electrons. The molecule has 1 fully saturated rings. The van der Waals surface area contributed by atoms with E-state index in [1.807, 2.05) is 13.0 Å². The highest BCUT2D eigenvalue weighted by atomic mass is 16.5. The Balaban J connectivity index is 1.88. The zero-order valence-corrected chi connectivity index (χ0v) is 11.9. The van der Waals surface area contributed by atoms with Gasteiger partial charge < -0.3 is 15.8 Å². The van der Waals surface area contributed by atoms with Gasteiger partial charge in [0.15, 0.2) is 0 Å². The monoisotopic (exact) mass is 262 g/mol. The van der Waals surface area contributed by atoms with E-state index in [9.17, 15) is 0 Å². The van der Waals surface area contributed by atoms with Gasteiger partial charge in [0.1, 0.15) is 5.75 Å². The van der Waals surface area contributed by atoms with E-state index in [1.54, 1.807) is 0 Å². The predicted octanol–water partition coefficient (Wildman–Crippen LogP) is 2.69. The molecule has 106 valence electrons. The largest absolute Gasteiger partial charge is 0.494 e. The number of nitrogens with one attached hydrogen (secondary N) is 1. The van der Waals surface area contributed by atoms with Gasteiger partial charge in [-0.3, -0.25) is 0 Å². The van der Waals surface area contributed by atoms with Crippen molar-refractivity contribution in [2.75, 3.05) is 13.2 Å². The fraction of sp³-hybridized carbons (Fsp3) is 0.625. The van der Waals surface area contributed by atoms with Crippen molar-refractivity contribution >= 4 is 0 Å². The summed E-state index contributed by atoms with van der Waals surface area (Å²) in [5.74, 6) is 1.60. The van der Waals surface area contributed by atoms with Crippen molar-refractivity contribution in [2.24, 2.45) is 11.7 Å². The highest BCUT2D eigenvalue weighted by molar-refractivity contribution is 5.28. The molecule has 0 aromatic heterocycles. The molecule has 1 aromatic carbocycles. The lowest BCUT2D eigenvalue weighted by atomic mass is 9.84. The summed E-state index contributed by atoms with van der Waals surface area (Å²) in [5.41, 5.74) is 7.15. The molecular formula is C16H26N2O. The van der Waals surface area contributed by atoms with Crippen LogP contribution in [0.1, 0.15) is 38.2 Å². The summed E-state index contributed by atoms with van der Waals surface area (Å²) in [5, 5.41) is 3.67. The number of nitrogens with two attached hydrogens (primary N) is 1. The second kappa shape index (κ2) is 7.51. The van der Waals surface area contributed by atoms with Crippen molar-refractivity contribution in [1.82, 2.24) is 5.32 Å². The maximum Gasteiger partial charge on any atom is 0.119 e. The molecule has 0 spiro atoms. The average Bonchev–Trinajstić information content (AvgIpc) is 2.46. The summed E-state index contributed by atoms with van der Waals surface area (Å²) in [6.45, 7) is 4.44. The van der Waals surface area contributed by atoms with Crippen LogP contribution in [0.25, 0.3) is 0 Å². The van der Waals surface area contributed by atoms with Crippen molar-refractivity contribution in [1.29, 1.82) is 0 Å². The molecule has 0 amide bonds. The van der Waals surface area contributed by atoms with Crippen LogP contribution in [-0.4, -0.2) is 19.2 Å². The van der Waals surface area contributed by atoms with E-state index in [1.165, 1.54) is 31.2 Å². The van der Waals surface area contributed by atoms with Crippen LogP contribution in [0, 0.1) is 5.92 Å². The second-order valence-electron chi connectivity index (χ2n) is 5.35. The first kappa shape index (κ1) is 14.4. The Morgan fingerprint density at radius 1 is 1.32 bits per heavy atom. The summed E-state index contributed by atoms with van der Waals surface area (Å²) in [6.07, 6.45) is 5.19. The summed E-state index contributed by atoms with van der Waals surface area (Å²) in [4.78, 5) is 0. The maximum absolute atomic E-state index is 5.87. The molecular weight excluding hydrogens is 236 g/mol. The lowest BCUT2D eigenvalue weighted by molar-refractivity contribution is 0.266. The molecule has 2 unspecified atom stereocenters. The fourth-order valence-electron chi connectivity index (χ4n) is 2.92. The molecule has 0 aliphatic heterocycles. The van der Waals surface area contributed by atoms with Gasteiger partial charge >= 0.3 is 0 Å². The van der Waals surface area contributed by atoms with Gasteiger partial charge in [0.25, 0.3) is 0 Å². The van der Waals surface area contributed by atoms with Gasteiger partial charge in [0.2, 0.25) is 0 Å². The Hall–Kier alpha value is -1.06. The maximum atomic E-state index is 5.87. The first-order chi connectivity index (χ1) is 9.33. The van der Waals surface area contributed by atoms with Gasteiger partial charge in [0, 0.05) is 12.6 Å². The average molecular weight is 262 g/mol. The highest BCUT2D eigenvalue weighted by Gasteiger charge is 2.23. The van der Waals surface area contributed by atoms with Crippen LogP contribution in [0.5, 0.6) is 5.75 Å². The molecule has 1 aromatic rings. The van der Waals surface area contributed by atoms with Gasteiger partial charge in [-0.15, -0.1) is 0 Å². The van der Waals surface area contributed by atoms with Crippen LogP contribution >= 0.6 is 0 Å². The van der Waals surface area contributed by atoms with Crippen molar-refractivity contribution in [2.45, 2.75) is 45.2 Å². The van der Waals surface area contributed by atoms with E-state index >= 15 is 0 Å². The van der Waals surface area contributed by atoms with E-state index < -0.39 is 0 Å².